The summed E-state index contributed by atoms with van der Waals surface area (Å²) < 4.78 is 2.04. The monoisotopic (exact) mass is 497 g/mol. The Morgan fingerprint density at radius 1 is 0.973 bits per heavy atom. The van der Waals surface area contributed by atoms with Crippen LogP contribution in [0.5, 0.6) is 0 Å². The van der Waals surface area contributed by atoms with Crippen LogP contribution in [0.15, 0.2) is 48.5 Å². The molecule has 6 rings (SSSR count). The molecule has 3 heterocycles. The molecule has 2 amide bonds. The standard InChI is InChI=1S/C29H35N7O/c1-20-32-33-28-26(31-29(37)30-25-8-3-4-9-25)17-24-11-10-23(18-27(24)36(20)28)22-7-5-6-21(16-22)19-35-14-12-34(2)13-15-35/h5-7,10-11,16-18,25H,3-4,8-9,12-15,19H2,1-2H3,(H2,30,31,37). The first-order valence-corrected chi connectivity index (χ1v) is 13.4. The molecule has 192 valence electrons. The first kappa shape index (κ1) is 23.9. The summed E-state index contributed by atoms with van der Waals surface area (Å²) in [7, 11) is 2.19. The van der Waals surface area contributed by atoms with E-state index in [4.69, 9.17) is 0 Å². The SMILES string of the molecule is Cc1nnc2c(NC(=O)NC3CCCC3)cc3ccc(-c4cccc(CN5CCN(C)CC5)c4)cc3n12. The van der Waals surface area contributed by atoms with Crippen molar-refractivity contribution in [1.29, 1.82) is 0 Å². The predicted molar refractivity (Wildman–Crippen MR) is 148 cm³/mol. The van der Waals surface area contributed by atoms with Crippen molar-refractivity contribution in [2.45, 2.75) is 45.2 Å². The van der Waals surface area contributed by atoms with Crippen molar-refractivity contribution < 1.29 is 4.79 Å². The van der Waals surface area contributed by atoms with Crippen LogP contribution >= 0.6 is 0 Å². The fourth-order valence-corrected chi connectivity index (χ4v) is 5.70. The number of hydrogen-bond acceptors (Lipinski definition) is 5. The molecule has 0 atom stereocenters. The molecule has 8 heteroatoms. The molecule has 0 radical (unpaired) electrons. The van der Waals surface area contributed by atoms with Gasteiger partial charge in [-0.25, -0.2) is 4.79 Å². The molecule has 1 saturated heterocycles. The molecule has 4 aromatic rings. The van der Waals surface area contributed by atoms with Gasteiger partial charge in [-0.3, -0.25) is 9.30 Å². The van der Waals surface area contributed by atoms with E-state index in [9.17, 15) is 4.79 Å². The number of fused-ring (bicyclic) bond motifs is 3. The van der Waals surface area contributed by atoms with E-state index in [1.807, 2.05) is 17.4 Å². The Hall–Kier alpha value is -3.49. The maximum atomic E-state index is 12.7. The van der Waals surface area contributed by atoms with Crippen LogP contribution in [0.4, 0.5) is 10.5 Å². The maximum absolute atomic E-state index is 12.7. The van der Waals surface area contributed by atoms with E-state index >= 15 is 0 Å². The van der Waals surface area contributed by atoms with Crippen molar-refractivity contribution in [2.24, 2.45) is 0 Å². The van der Waals surface area contributed by atoms with Gasteiger partial charge >= 0.3 is 6.03 Å². The summed E-state index contributed by atoms with van der Waals surface area (Å²) in [4.78, 5) is 17.6. The zero-order chi connectivity index (χ0) is 25.4. The molecular weight excluding hydrogens is 462 g/mol. The second-order valence-corrected chi connectivity index (χ2v) is 10.6. The van der Waals surface area contributed by atoms with Crippen molar-refractivity contribution in [2.75, 3.05) is 38.5 Å². The van der Waals surface area contributed by atoms with Crippen LogP contribution in [0, 0.1) is 6.92 Å². The minimum Gasteiger partial charge on any atom is -0.335 e. The normalized spacial score (nSPS) is 17.6. The number of carbonyl (C=O) groups is 1. The smallest absolute Gasteiger partial charge is 0.319 e. The number of pyridine rings is 1. The molecule has 0 spiro atoms. The number of benzene rings is 2. The molecule has 1 saturated carbocycles. The lowest BCUT2D eigenvalue weighted by molar-refractivity contribution is 0.148. The second kappa shape index (κ2) is 10.1. The average molecular weight is 498 g/mol. The molecule has 37 heavy (non-hydrogen) atoms. The highest BCUT2D eigenvalue weighted by Crippen LogP contribution is 2.30. The molecule has 2 aromatic carbocycles. The Balaban J connectivity index is 1.29. The van der Waals surface area contributed by atoms with Gasteiger partial charge in [-0.05, 0) is 61.7 Å². The molecule has 0 bridgehead atoms. The first-order chi connectivity index (χ1) is 18.0. The summed E-state index contributed by atoms with van der Waals surface area (Å²) in [6, 6.07) is 17.4. The summed E-state index contributed by atoms with van der Waals surface area (Å²) in [5.41, 5.74) is 6.05. The number of likely N-dealkylation sites (N-methyl/N-ethyl adjacent to an activating group) is 1. The highest BCUT2D eigenvalue weighted by atomic mass is 16.2. The predicted octanol–water partition coefficient (Wildman–Crippen LogP) is 4.67. The van der Waals surface area contributed by atoms with E-state index in [0.717, 1.165) is 67.9 Å². The molecule has 2 aromatic heterocycles. The van der Waals surface area contributed by atoms with Crippen molar-refractivity contribution >= 4 is 28.3 Å². The van der Waals surface area contributed by atoms with Gasteiger partial charge in [-0.15, -0.1) is 10.2 Å². The molecule has 2 aliphatic rings. The fraction of sp³-hybridized carbons (Fsp3) is 0.414. The van der Waals surface area contributed by atoms with Crippen LogP contribution in [0.1, 0.15) is 37.1 Å². The molecule has 0 unspecified atom stereocenters. The third-order valence-electron chi connectivity index (χ3n) is 7.84. The van der Waals surface area contributed by atoms with Crippen LogP contribution in [-0.2, 0) is 6.54 Å². The Bertz CT molecular complexity index is 1430. The van der Waals surface area contributed by atoms with Crippen molar-refractivity contribution in [1.82, 2.24) is 29.7 Å². The summed E-state index contributed by atoms with van der Waals surface area (Å²) in [6.07, 6.45) is 4.44. The van der Waals surface area contributed by atoms with Gasteiger partial charge in [0.1, 0.15) is 5.82 Å². The molecule has 1 aliphatic carbocycles. The Labute approximate surface area is 217 Å². The lowest BCUT2D eigenvalue weighted by Gasteiger charge is -2.32. The van der Waals surface area contributed by atoms with Gasteiger partial charge < -0.3 is 15.5 Å². The zero-order valence-corrected chi connectivity index (χ0v) is 21.7. The molecule has 2 fully saturated rings. The highest BCUT2D eigenvalue weighted by Gasteiger charge is 2.19. The van der Waals surface area contributed by atoms with Gasteiger partial charge in [0.05, 0.1) is 11.2 Å². The quantitative estimate of drug-likeness (QED) is 0.419. The van der Waals surface area contributed by atoms with Gasteiger partial charge in [0.2, 0.25) is 0 Å². The molecule has 1 aliphatic heterocycles. The average Bonchev–Trinajstić information content (AvgIpc) is 3.55. The number of aryl methyl sites for hydroxylation is 1. The van der Waals surface area contributed by atoms with Gasteiger partial charge in [0, 0.05) is 44.2 Å². The number of amides is 2. The van der Waals surface area contributed by atoms with Crippen LogP contribution in [0.2, 0.25) is 0 Å². The molecule has 2 N–H and O–H groups in total. The number of nitrogens with one attached hydrogen (secondary N) is 2. The minimum absolute atomic E-state index is 0.178. The summed E-state index contributed by atoms with van der Waals surface area (Å²) in [6.45, 7) is 7.38. The highest BCUT2D eigenvalue weighted by molar-refractivity contribution is 5.98. The van der Waals surface area contributed by atoms with Crippen LogP contribution in [-0.4, -0.2) is 69.7 Å². The number of hydrogen-bond donors (Lipinski definition) is 2. The van der Waals surface area contributed by atoms with Gasteiger partial charge in [0.25, 0.3) is 0 Å². The fourth-order valence-electron chi connectivity index (χ4n) is 5.70. The van der Waals surface area contributed by atoms with E-state index in [1.54, 1.807) is 0 Å². The topological polar surface area (TPSA) is 77.8 Å². The van der Waals surface area contributed by atoms with E-state index in [2.05, 4.69) is 80.1 Å². The van der Waals surface area contributed by atoms with E-state index in [1.165, 1.54) is 24.0 Å². The summed E-state index contributed by atoms with van der Waals surface area (Å²) in [5.74, 6) is 0.792. The lowest BCUT2D eigenvalue weighted by Crippen LogP contribution is -2.43. The summed E-state index contributed by atoms with van der Waals surface area (Å²) >= 11 is 0. The van der Waals surface area contributed by atoms with Crippen LogP contribution < -0.4 is 10.6 Å². The number of piperazine rings is 1. The molecular formula is C29H35N7O. The Kier molecular flexibility index (Phi) is 6.52. The van der Waals surface area contributed by atoms with Crippen LogP contribution in [0.25, 0.3) is 27.7 Å². The van der Waals surface area contributed by atoms with Crippen molar-refractivity contribution in [3.8, 4) is 11.1 Å². The van der Waals surface area contributed by atoms with Crippen LogP contribution in [0.3, 0.4) is 0 Å². The Morgan fingerprint density at radius 2 is 1.76 bits per heavy atom. The number of carbonyl (C=O) groups excluding carboxylic acids is 1. The number of urea groups is 1. The van der Waals surface area contributed by atoms with Gasteiger partial charge in [-0.2, -0.15) is 0 Å². The number of anilines is 1. The largest absolute Gasteiger partial charge is 0.335 e. The number of rotatable bonds is 5. The van der Waals surface area contributed by atoms with Gasteiger partial charge in [-0.1, -0.05) is 43.2 Å². The lowest BCUT2D eigenvalue weighted by atomic mass is 10.0. The second-order valence-electron chi connectivity index (χ2n) is 10.6. The van der Waals surface area contributed by atoms with Crippen molar-refractivity contribution in [3.05, 3.63) is 59.9 Å². The molecule has 8 nitrogen and oxygen atoms in total. The number of aromatic nitrogens is 3. The van der Waals surface area contributed by atoms with Crippen molar-refractivity contribution in [3.63, 3.8) is 0 Å². The maximum Gasteiger partial charge on any atom is 0.319 e. The minimum atomic E-state index is -0.178. The number of nitrogens with zero attached hydrogens (tertiary/aromatic N) is 5. The van der Waals surface area contributed by atoms with E-state index < -0.39 is 0 Å². The third kappa shape index (κ3) is 5.04. The zero-order valence-electron chi connectivity index (χ0n) is 21.7. The third-order valence-corrected chi connectivity index (χ3v) is 7.84. The van der Waals surface area contributed by atoms with Gasteiger partial charge in [0.15, 0.2) is 5.65 Å². The first-order valence-electron chi connectivity index (χ1n) is 13.4. The van der Waals surface area contributed by atoms with E-state index in [-0.39, 0.29) is 12.1 Å². The summed E-state index contributed by atoms with van der Waals surface area (Å²) in [5, 5.41) is 15.9. The Morgan fingerprint density at radius 3 is 2.57 bits per heavy atom. The van der Waals surface area contributed by atoms with E-state index in [0.29, 0.717) is 11.3 Å².